The number of anilines is 2. The van der Waals surface area contributed by atoms with Crippen molar-refractivity contribution in [3.8, 4) is 0 Å². The Labute approximate surface area is 126 Å². The van der Waals surface area contributed by atoms with E-state index in [1.165, 1.54) is 0 Å². The number of fused-ring (bicyclic) bond motifs is 1. The molecule has 9 heteroatoms. The van der Waals surface area contributed by atoms with Crippen LogP contribution < -0.4 is 10.2 Å². The van der Waals surface area contributed by atoms with E-state index in [9.17, 15) is 0 Å². The molecule has 22 heavy (non-hydrogen) atoms. The fraction of sp³-hybridized carbons (Fsp3) is 0.385. The number of hydrogen-bond acceptors (Lipinski definition) is 8. The summed E-state index contributed by atoms with van der Waals surface area (Å²) in [5.74, 6) is 1.57. The summed E-state index contributed by atoms with van der Waals surface area (Å²) >= 11 is 0. The molecule has 3 aromatic heterocycles. The lowest BCUT2D eigenvalue weighted by Crippen LogP contribution is -2.43. The van der Waals surface area contributed by atoms with Crippen LogP contribution >= 0.6 is 0 Å². The zero-order valence-corrected chi connectivity index (χ0v) is 11.9. The van der Waals surface area contributed by atoms with Gasteiger partial charge in [0.25, 0.3) is 0 Å². The molecule has 3 aromatic rings. The maximum Gasteiger partial charge on any atom is 0.225 e. The maximum atomic E-state index is 4.32. The van der Waals surface area contributed by atoms with Gasteiger partial charge in [0.1, 0.15) is 0 Å². The normalized spacial score (nSPS) is 18.5. The Morgan fingerprint density at radius 1 is 1.18 bits per heavy atom. The van der Waals surface area contributed by atoms with Crippen molar-refractivity contribution in [1.29, 1.82) is 0 Å². The Morgan fingerprint density at radius 2 is 2.09 bits per heavy atom. The van der Waals surface area contributed by atoms with E-state index in [1.54, 1.807) is 29.3 Å². The lowest BCUT2D eigenvalue weighted by Gasteiger charge is -2.33. The van der Waals surface area contributed by atoms with E-state index < -0.39 is 0 Å². The van der Waals surface area contributed by atoms with Gasteiger partial charge in [-0.25, -0.2) is 9.97 Å². The molecular weight excluding hydrogens is 282 g/mol. The van der Waals surface area contributed by atoms with Crippen LogP contribution in [0.1, 0.15) is 12.8 Å². The molecule has 0 spiro atoms. The van der Waals surface area contributed by atoms with Crippen molar-refractivity contribution in [3.05, 3.63) is 30.9 Å². The third kappa shape index (κ3) is 2.41. The molecule has 0 aromatic carbocycles. The molecule has 1 N–H and O–H groups in total. The minimum Gasteiger partial charge on any atom is -0.364 e. The van der Waals surface area contributed by atoms with E-state index in [0.717, 1.165) is 37.7 Å². The van der Waals surface area contributed by atoms with Crippen LogP contribution in [0.5, 0.6) is 0 Å². The fourth-order valence-corrected chi connectivity index (χ4v) is 2.71. The van der Waals surface area contributed by atoms with Gasteiger partial charge in [-0.05, 0) is 29.3 Å². The number of aromatic nitrogens is 7. The first-order valence-electron chi connectivity index (χ1n) is 7.21. The summed E-state index contributed by atoms with van der Waals surface area (Å²) in [5, 5.41) is 15.0. The molecule has 1 aliphatic rings. The van der Waals surface area contributed by atoms with E-state index in [-0.39, 0.29) is 6.04 Å². The highest BCUT2D eigenvalue weighted by Gasteiger charge is 2.22. The number of nitrogens with zero attached hydrogens (tertiary/aromatic N) is 8. The van der Waals surface area contributed by atoms with Crippen molar-refractivity contribution >= 4 is 17.4 Å². The molecule has 9 nitrogen and oxygen atoms in total. The Balaban J connectivity index is 1.52. The third-order valence-electron chi connectivity index (χ3n) is 3.72. The summed E-state index contributed by atoms with van der Waals surface area (Å²) < 4.78 is 1.66. The zero-order chi connectivity index (χ0) is 14.8. The molecule has 4 heterocycles. The molecule has 0 amide bonds. The maximum absolute atomic E-state index is 4.32. The Bertz CT molecular complexity index is 756. The van der Waals surface area contributed by atoms with Crippen LogP contribution in [0.4, 0.5) is 11.8 Å². The molecule has 0 bridgehead atoms. The van der Waals surface area contributed by atoms with Gasteiger partial charge < -0.3 is 10.2 Å². The number of hydrogen-bond donors (Lipinski definition) is 1. The van der Waals surface area contributed by atoms with Crippen molar-refractivity contribution in [3.63, 3.8) is 0 Å². The van der Waals surface area contributed by atoms with Crippen LogP contribution in [0.15, 0.2) is 30.9 Å². The standard InChI is InChI=1S/C13H15N9/c1-3-10(9-21(6-1)13-15-4-2-5-16-13)17-11-7-14-8-12-18-19-20-22(11)12/h2,4-5,7-8,10,17H,1,3,6,9H2/t10-/m0/s1. The molecule has 0 aliphatic carbocycles. The Hall–Kier alpha value is -2.84. The summed E-state index contributed by atoms with van der Waals surface area (Å²) in [6.45, 7) is 1.80. The molecule has 0 radical (unpaired) electrons. The zero-order valence-electron chi connectivity index (χ0n) is 11.9. The number of rotatable bonds is 3. The molecule has 0 unspecified atom stereocenters. The number of piperidine rings is 1. The van der Waals surface area contributed by atoms with Crippen molar-refractivity contribution < 1.29 is 0 Å². The van der Waals surface area contributed by atoms with E-state index in [0.29, 0.717) is 5.65 Å². The van der Waals surface area contributed by atoms with E-state index in [2.05, 4.69) is 40.7 Å². The van der Waals surface area contributed by atoms with Crippen molar-refractivity contribution in [2.75, 3.05) is 23.3 Å². The van der Waals surface area contributed by atoms with Gasteiger partial charge in [0, 0.05) is 31.5 Å². The van der Waals surface area contributed by atoms with Crippen molar-refractivity contribution in [2.45, 2.75) is 18.9 Å². The first kappa shape index (κ1) is 12.9. The summed E-state index contributed by atoms with van der Waals surface area (Å²) in [4.78, 5) is 15.0. The molecule has 1 saturated heterocycles. The van der Waals surface area contributed by atoms with Gasteiger partial charge >= 0.3 is 0 Å². The molecular formula is C13H15N9. The second kappa shape index (κ2) is 5.51. The first-order chi connectivity index (χ1) is 10.9. The quantitative estimate of drug-likeness (QED) is 0.741. The average molecular weight is 297 g/mol. The molecule has 112 valence electrons. The summed E-state index contributed by atoms with van der Waals surface area (Å²) in [6, 6.07) is 2.10. The van der Waals surface area contributed by atoms with E-state index in [4.69, 9.17) is 0 Å². The Morgan fingerprint density at radius 3 is 3.00 bits per heavy atom. The summed E-state index contributed by atoms with van der Waals surface area (Å²) in [7, 11) is 0. The molecule has 4 rings (SSSR count). The van der Waals surface area contributed by atoms with Crippen LogP contribution in [0, 0.1) is 0 Å². The minimum atomic E-state index is 0.272. The van der Waals surface area contributed by atoms with Gasteiger partial charge in [-0.2, -0.15) is 4.52 Å². The smallest absolute Gasteiger partial charge is 0.225 e. The highest BCUT2D eigenvalue weighted by molar-refractivity contribution is 5.45. The van der Waals surface area contributed by atoms with Crippen LogP contribution in [0.25, 0.3) is 5.65 Å². The van der Waals surface area contributed by atoms with E-state index >= 15 is 0 Å². The molecule has 1 atom stereocenters. The summed E-state index contributed by atoms with van der Waals surface area (Å²) in [5.41, 5.74) is 0.629. The Kier molecular flexibility index (Phi) is 3.22. The highest BCUT2D eigenvalue weighted by Crippen LogP contribution is 2.18. The van der Waals surface area contributed by atoms with Crippen LogP contribution in [-0.2, 0) is 0 Å². The van der Waals surface area contributed by atoms with Crippen LogP contribution in [-0.4, -0.2) is 54.1 Å². The topological polar surface area (TPSA) is 97.0 Å². The lowest BCUT2D eigenvalue weighted by molar-refractivity contribution is 0.520. The van der Waals surface area contributed by atoms with Gasteiger partial charge in [-0.15, -0.1) is 5.10 Å². The van der Waals surface area contributed by atoms with Gasteiger partial charge in [0.2, 0.25) is 5.95 Å². The van der Waals surface area contributed by atoms with Gasteiger partial charge in [0.05, 0.1) is 12.4 Å². The molecule has 1 aliphatic heterocycles. The second-order valence-electron chi connectivity index (χ2n) is 5.22. The molecule has 1 fully saturated rings. The second-order valence-corrected chi connectivity index (χ2v) is 5.22. The lowest BCUT2D eigenvalue weighted by atomic mass is 10.1. The predicted octanol–water partition coefficient (Wildman–Crippen LogP) is 0.390. The fourth-order valence-electron chi connectivity index (χ4n) is 2.71. The summed E-state index contributed by atoms with van der Waals surface area (Å²) in [6.07, 6.45) is 9.06. The van der Waals surface area contributed by atoms with Gasteiger partial charge in [-0.1, -0.05) is 0 Å². The average Bonchev–Trinajstić information content (AvgIpc) is 3.06. The van der Waals surface area contributed by atoms with Gasteiger partial charge in [-0.3, -0.25) is 4.98 Å². The molecule has 0 saturated carbocycles. The minimum absolute atomic E-state index is 0.272. The van der Waals surface area contributed by atoms with Crippen LogP contribution in [0.2, 0.25) is 0 Å². The van der Waals surface area contributed by atoms with E-state index in [1.807, 2.05) is 6.07 Å². The SMILES string of the molecule is c1cnc(N2CCC[C@H](Nc3cncc4nnnn34)C2)nc1. The largest absolute Gasteiger partial charge is 0.364 e. The number of tetrazole rings is 1. The predicted molar refractivity (Wildman–Crippen MR) is 79.5 cm³/mol. The van der Waals surface area contributed by atoms with Gasteiger partial charge in [0.15, 0.2) is 11.5 Å². The van der Waals surface area contributed by atoms with Crippen molar-refractivity contribution in [1.82, 2.24) is 35.0 Å². The third-order valence-corrected chi connectivity index (χ3v) is 3.72. The number of nitrogens with one attached hydrogen (secondary N) is 1. The first-order valence-corrected chi connectivity index (χ1v) is 7.21. The van der Waals surface area contributed by atoms with Crippen LogP contribution in [0.3, 0.4) is 0 Å². The van der Waals surface area contributed by atoms with Crippen molar-refractivity contribution in [2.24, 2.45) is 0 Å². The highest BCUT2D eigenvalue weighted by atomic mass is 15.5. The monoisotopic (exact) mass is 297 g/mol.